The van der Waals surface area contributed by atoms with Gasteiger partial charge in [0.05, 0.1) is 25.4 Å². The molecule has 5 nitrogen and oxygen atoms in total. The van der Waals surface area contributed by atoms with Gasteiger partial charge in [0.1, 0.15) is 5.75 Å². The number of hydrogen-bond donors (Lipinski definition) is 1. The summed E-state index contributed by atoms with van der Waals surface area (Å²) in [6.45, 7) is 5.19. The third-order valence-electron chi connectivity index (χ3n) is 4.68. The van der Waals surface area contributed by atoms with Crippen molar-refractivity contribution in [3.8, 4) is 5.75 Å². The summed E-state index contributed by atoms with van der Waals surface area (Å²) >= 11 is 0. The Balaban J connectivity index is 1.51. The summed E-state index contributed by atoms with van der Waals surface area (Å²) < 4.78 is 45.8. The van der Waals surface area contributed by atoms with Gasteiger partial charge in [-0.2, -0.15) is 0 Å². The Morgan fingerprint density at radius 2 is 1.84 bits per heavy atom. The third-order valence-corrected chi connectivity index (χ3v) is 4.68. The molecule has 2 aliphatic heterocycles. The van der Waals surface area contributed by atoms with Crippen LogP contribution in [0.3, 0.4) is 0 Å². The average Bonchev–Trinajstić information content (AvgIpc) is 2.83. The SMILES string of the molecule is O[C@@H]1COC[C@H]1N1CCCN(Cc2ccc(OC(F)(F)F)cc2)CC1. The highest BCUT2D eigenvalue weighted by molar-refractivity contribution is 5.27. The molecule has 0 bridgehead atoms. The number of hydrogen-bond acceptors (Lipinski definition) is 5. The molecule has 8 heteroatoms. The number of halogens is 3. The molecular formula is C17H23F3N2O3. The van der Waals surface area contributed by atoms with Crippen LogP contribution in [0.1, 0.15) is 12.0 Å². The second-order valence-electron chi connectivity index (χ2n) is 6.53. The minimum absolute atomic E-state index is 0.0683. The Labute approximate surface area is 144 Å². The third kappa shape index (κ3) is 5.31. The van der Waals surface area contributed by atoms with E-state index in [1.54, 1.807) is 12.1 Å². The maximum atomic E-state index is 12.2. The van der Waals surface area contributed by atoms with Gasteiger partial charge >= 0.3 is 6.36 Å². The van der Waals surface area contributed by atoms with E-state index < -0.39 is 12.5 Å². The smallest absolute Gasteiger partial charge is 0.406 e. The summed E-state index contributed by atoms with van der Waals surface area (Å²) in [5.74, 6) is -0.200. The summed E-state index contributed by atoms with van der Waals surface area (Å²) in [6, 6.07) is 6.09. The number of alkyl halides is 3. The van der Waals surface area contributed by atoms with Crippen molar-refractivity contribution in [2.45, 2.75) is 31.5 Å². The number of aliphatic hydroxyl groups is 1. The van der Waals surface area contributed by atoms with Crippen LogP contribution in [0.4, 0.5) is 13.2 Å². The molecular weight excluding hydrogens is 337 g/mol. The highest BCUT2D eigenvalue weighted by Gasteiger charge is 2.33. The van der Waals surface area contributed by atoms with Crippen LogP contribution in [-0.2, 0) is 11.3 Å². The van der Waals surface area contributed by atoms with Crippen LogP contribution < -0.4 is 4.74 Å². The van der Waals surface area contributed by atoms with Crippen molar-refractivity contribution in [1.82, 2.24) is 9.80 Å². The maximum Gasteiger partial charge on any atom is 0.573 e. The van der Waals surface area contributed by atoms with Crippen molar-refractivity contribution in [3.63, 3.8) is 0 Å². The molecule has 1 aromatic carbocycles. The topological polar surface area (TPSA) is 45.2 Å². The van der Waals surface area contributed by atoms with E-state index >= 15 is 0 Å². The van der Waals surface area contributed by atoms with E-state index in [-0.39, 0.29) is 11.8 Å². The van der Waals surface area contributed by atoms with Crippen molar-refractivity contribution in [1.29, 1.82) is 0 Å². The van der Waals surface area contributed by atoms with Gasteiger partial charge in [-0.25, -0.2) is 0 Å². The first kappa shape index (κ1) is 18.4. The maximum absolute atomic E-state index is 12.2. The largest absolute Gasteiger partial charge is 0.573 e. The molecule has 140 valence electrons. The molecule has 0 saturated carbocycles. The molecule has 1 aromatic rings. The van der Waals surface area contributed by atoms with Gasteiger partial charge in [-0.3, -0.25) is 9.80 Å². The van der Waals surface area contributed by atoms with Gasteiger partial charge in [0, 0.05) is 19.6 Å². The Hall–Kier alpha value is -1.35. The molecule has 0 aromatic heterocycles. The number of benzene rings is 1. The first-order valence-corrected chi connectivity index (χ1v) is 8.47. The minimum Gasteiger partial charge on any atom is -0.406 e. The van der Waals surface area contributed by atoms with Gasteiger partial charge in [0.15, 0.2) is 0 Å². The molecule has 2 fully saturated rings. The zero-order valence-corrected chi connectivity index (χ0v) is 13.9. The van der Waals surface area contributed by atoms with Crippen LogP contribution >= 0.6 is 0 Å². The van der Waals surface area contributed by atoms with Crippen molar-refractivity contribution in [3.05, 3.63) is 29.8 Å². The molecule has 0 spiro atoms. The van der Waals surface area contributed by atoms with E-state index in [4.69, 9.17) is 4.74 Å². The Morgan fingerprint density at radius 3 is 2.48 bits per heavy atom. The van der Waals surface area contributed by atoms with E-state index in [0.29, 0.717) is 19.8 Å². The quantitative estimate of drug-likeness (QED) is 0.888. The van der Waals surface area contributed by atoms with Gasteiger partial charge in [-0.05, 0) is 37.2 Å². The molecule has 0 radical (unpaired) electrons. The summed E-state index contributed by atoms with van der Waals surface area (Å²) in [5.41, 5.74) is 0.951. The van der Waals surface area contributed by atoms with Gasteiger partial charge in [-0.1, -0.05) is 12.1 Å². The van der Waals surface area contributed by atoms with Crippen molar-refractivity contribution < 1.29 is 27.8 Å². The van der Waals surface area contributed by atoms with E-state index in [9.17, 15) is 18.3 Å². The molecule has 0 unspecified atom stereocenters. The summed E-state index contributed by atoms with van der Waals surface area (Å²) in [6.07, 6.45) is -4.10. The zero-order chi connectivity index (χ0) is 17.9. The lowest BCUT2D eigenvalue weighted by Crippen LogP contribution is -2.44. The van der Waals surface area contributed by atoms with E-state index in [1.807, 2.05) is 0 Å². The fraction of sp³-hybridized carbons (Fsp3) is 0.647. The average molecular weight is 360 g/mol. The Bertz CT molecular complexity index is 553. The number of ether oxygens (including phenoxy) is 2. The first-order chi connectivity index (χ1) is 11.9. The molecule has 1 N–H and O–H groups in total. The van der Waals surface area contributed by atoms with Crippen LogP contribution in [0.5, 0.6) is 5.75 Å². The minimum atomic E-state index is -4.66. The van der Waals surface area contributed by atoms with Crippen LogP contribution in [0.15, 0.2) is 24.3 Å². The van der Waals surface area contributed by atoms with Crippen molar-refractivity contribution >= 4 is 0 Å². The van der Waals surface area contributed by atoms with Crippen molar-refractivity contribution in [2.24, 2.45) is 0 Å². The van der Waals surface area contributed by atoms with Gasteiger partial charge in [0.25, 0.3) is 0 Å². The second kappa shape index (κ2) is 7.90. The fourth-order valence-electron chi connectivity index (χ4n) is 3.42. The van der Waals surface area contributed by atoms with E-state index in [1.165, 1.54) is 12.1 Å². The lowest BCUT2D eigenvalue weighted by Gasteiger charge is -2.28. The first-order valence-electron chi connectivity index (χ1n) is 8.47. The van der Waals surface area contributed by atoms with E-state index in [0.717, 1.165) is 38.2 Å². The predicted molar refractivity (Wildman–Crippen MR) is 85.2 cm³/mol. The van der Waals surface area contributed by atoms with Crippen LogP contribution in [0, 0.1) is 0 Å². The molecule has 2 heterocycles. The number of rotatable bonds is 4. The number of nitrogens with zero attached hydrogens (tertiary/aromatic N) is 2. The summed E-state index contributed by atoms with van der Waals surface area (Å²) in [4.78, 5) is 4.56. The predicted octanol–water partition coefficient (Wildman–Crippen LogP) is 1.85. The molecule has 25 heavy (non-hydrogen) atoms. The molecule has 0 amide bonds. The monoisotopic (exact) mass is 360 g/mol. The van der Waals surface area contributed by atoms with Crippen molar-refractivity contribution in [2.75, 3.05) is 39.4 Å². The Morgan fingerprint density at radius 1 is 1.08 bits per heavy atom. The highest BCUT2D eigenvalue weighted by Crippen LogP contribution is 2.23. The van der Waals surface area contributed by atoms with Crippen LogP contribution in [0.25, 0.3) is 0 Å². The standard InChI is InChI=1S/C17H23F3N2O3/c18-17(19,20)25-14-4-2-13(3-5-14)10-21-6-1-7-22(9-8-21)15-11-24-12-16(15)23/h2-5,15-16,23H,1,6-12H2/t15-,16-/m1/s1. The van der Waals surface area contributed by atoms with Crippen LogP contribution in [0.2, 0.25) is 0 Å². The lowest BCUT2D eigenvalue weighted by molar-refractivity contribution is -0.274. The molecule has 2 saturated heterocycles. The van der Waals surface area contributed by atoms with Gasteiger partial charge < -0.3 is 14.6 Å². The van der Waals surface area contributed by atoms with Crippen LogP contribution in [-0.4, -0.2) is 72.8 Å². The summed E-state index contributed by atoms with van der Waals surface area (Å²) in [5, 5.41) is 9.97. The summed E-state index contributed by atoms with van der Waals surface area (Å²) in [7, 11) is 0. The van der Waals surface area contributed by atoms with Gasteiger partial charge in [0.2, 0.25) is 0 Å². The molecule has 2 atom stereocenters. The fourth-order valence-corrected chi connectivity index (χ4v) is 3.42. The molecule has 3 rings (SSSR count). The molecule has 2 aliphatic rings. The Kier molecular flexibility index (Phi) is 5.83. The second-order valence-corrected chi connectivity index (χ2v) is 6.53. The lowest BCUT2D eigenvalue weighted by atomic mass is 10.2. The highest BCUT2D eigenvalue weighted by atomic mass is 19.4. The van der Waals surface area contributed by atoms with E-state index in [2.05, 4.69) is 14.5 Å². The number of aliphatic hydroxyl groups excluding tert-OH is 1. The molecule has 0 aliphatic carbocycles. The normalized spacial score (nSPS) is 26.6. The zero-order valence-electron chi connectivity index (χ0n) is 13.9. The van der Waals surface area contributed by atoms with Gasteiger partial charge in [-0.15, -0.1) is 13.2 Å².